The smallest absolute Gasteiger partial charge is 0.145 e. The number of rotatable bonds is 5. The van der Waals surface area contributed by atoms with Crippen molar-refractivity contribution in [3.63, 3.8) is 0 Å². The van der Waals surface area contributed by atoms with Crippen molar-refractivity contribution in [3.8, 4) is 11.5 Å². The summed E-state index contributed by atoms with van der Waals surface area (Å²) < 4.78 is 19.2. The molecule has 5 heteroatoms. The Morgan fingerprint density at radius 1 is 1.14 bits per heavy atom. The number of nitrogens with one attached hydrogen (secondary N) is 1. The minimum absolute atomic E-state index is 0.0732. The summed E-state index contributed by atoms with van der Waals surface area (Å²) in [5.74, 6) is 0.512. The van der Waals surface area contributed by atoms with Crippen molar-refractivity contribution in [1.29, 1.82) is 0 Å². The summed E-state index contributed by atoms with van der Waals surface area (Å²) in [7, 11) is 0. The van der Waals surface area contributed by atoms with Crippen LogP contribution in [0.25, 0.3) is 0 Å². The van der Waals surface area contributed by atoms with Gasteiger partial charge in [0.05, 0.1) is 5.02 Å². The van der Waals surface area contributed by atoms with Crippen molar-refractivity contribution in [2.45, 2.75) is 25.4 Å². The molecule has 1 N–H and O–H groups in total. The van der Waals surface area contributed by atoms with Crippen molar-refractivity contribution < 1.29 is 9.13 Å². The first-order valence-electron chi connectivity index (χ1n) is 6.77. The van der Waals surface area contributed by atoms with Crippen molar-refractivity contribution in [2.75, 3.05) is 0 Å². The van der Waals surface area contributed by atoms with Gasteiger partial charge in [-0.15, -0.1) is 0 Å². The number of halogens is 3. The largest absolute Gasteiger partial charge is 0.457 e. The van der Waals surface area contributed by atoms with Gasteiger partial charge in [-0.1, -0.05) is 29.3 Å². The molecular weight excluding hydrogens is 312 g/mol. The first-order valence-corrected chi connectivity index (χ1v) is 7.53. The SMILES string of the molecule is Fc1cc(Oc2cccc(Cl)c2CNC2CC2)ccc1Cl. The molecule has 2 aromatic carbocycles. The quantitative estimate of drug-likeness (QED) is 0.818. The number of hydrogen-bond donors (Lipinski definition) is 1. The lowest BCUT2D eigenvalue weighted by Crippen LogP contribution is -2.16. The molecule has 0 amide bonds. The zero-order chi connectivity index (χ0) is 14.8. The molecule has 2 aromatic rings. The van der Waals surface area contributed by atoms with Crippen molar-refractivity contribution >= 4 is 23.2 Å². The molecule has 1 saturated carbocycles. The maximum absolute atomic E-state index is 13.5. The van der Waals surface area contributed by atoms with Gasteiger partial charge < -0.3 is 10.1 Å². The predicted molar refractivity (Wildman–Crippen MR) is 82.8 cm³/mol. The highest BCUT2D eigenvalue weighted by atomic mass is 35.5. The topological polar surface area (TPSA) is 21.3 Å². The van der Waals surface area contributed by atoms with Gasteiger partial charge in [0.25, 0.3) is 0 Å². The van der Waals surface area contributed by atoms with Crippen LogP contribution in [0.2, 0.25) is 10.0 Å². The van der Waals surface area contributed by atoms with Crippen LogP contribution in [0.1, 0.15) is 18.4 Å². The second-order valence-electron chi connectivity index (χ2n) is 5.05. The monoisotopic (exact) mass is 325 g/mol. The second kappa shape index (κ2) is 6.22. The number of benzene rings is 2. The van der Waals surface area contributed by atoms with E-state index in [1.165, 1.54) is 25.0 Å². The molecule has 1 aliphatic rings. The van der Waals surface area contributed by atoms with Gasteiger partial charge in [0.15, 0.2) is 0 Å². The normalized spacial score (nSPS) is 14.2. The van der Waals surface area contributed by atoms with E-state index in [9.17, 15) is 4.39 Å². The molecule has 0 spiro atoms. The lowest BCUT2D eigenvalue weighted by Gasteiger charge is -2.13. The van der Waals surface area contributed by atoms with Gasteiger partial charge in [-0.2, -0.15) is 0 Å². The van der Waals surface area contributed by atoms with E-state index >= 15 is 0 Å². The third kappa shape index (κ3) is 3.67. The van der Waals surface area contributed by atoms with Crippen LogP contribution in [0.5, 0.6) is 11.5 Å². The molecule has 0 atom stereocenters. The van der Waals surface area contributed by atoms with E-state index in [1.54, 1.807) is 6.07 Å². The summed E-state index contributed by atoms with van der Waals surface area (Å²) in [5, 5.41) is 4.11. The fourth-order valence-electron chi connectivity index (χ4n) is 2.01. The van der Waals surface area contributed by atoms with E-state index in [0.29, 0.717) is 29.1 Å². The van der Waals surface area contributed by atoms with Gasteiger partial charge in [-0.3, -0.25) is 0 Å². The first-order chi connectivity index (χ1) is 10.1. The van der Waals surface area contributed by atoms with E-state index in [4.69, 9.17) is 27.9 Å². The maximum Gasteiger partial charge on any atom is 0.145 e. The Bertz CT molecular complexity index is 659. The van der Waals surface area contributed by atoms with Crippen LogP contribution in [0, 0.1) is 5.82 Å². The van der Waals surface area contributed by atoms with Crippen LogP contribution >= 0.6 is 23.2 Å². The Kier molecular flexibility index (Phi) is 4.34. The fraction of sp³-hybridized carbons (Fsp3) is 0.250. The van der Waals surface area contributed by atoms with E-state index in [0.717, 1.165) is 5.56 Å². The van der Waals surface area contributed by atoms with Gasteiger partial charge in [-0.05, 0) is 37.1 Å². The van der Waals surface area contributed by atoms with Gasteiger partial charge in [0.2, 0.25) is 0 Å². The average Bonchev–Trinajstić information content (AvgIpc) is 3.26. The number of ether oxygens (including phenoxy) is 1. The molecule has 2 nitrogen and oxygen atoms in total. The molecule has 0 heterocycles. The zero-order valence-electron chi connectivity index (χ0n) is 11.2. The summed E-state index contributed by atoms with van der Waals surface area (Å²) in [4.78, 5) is 0. The summed E-state index contributed by atoms with van der Waals surface area (Å²) in [6.07, 6.45) is 2.39. The van der Waals surface area contributed by atoms with Crippen LogP contribution < -0.4 is 10.1 Å². The second-order valence-corrected chi connectivity index (χ2v) is 5.86. The summed E-state index contributed by atoms with van der Waals surface area (Å²) in [5.41, 5.74) is 0.876. The molecule has 110 valence electrons. The molecule has 0 unspecified atom stereocenters. The average molecular weight is 326 g/mol. The Balaban J connectivity index is 1.82. The highest BCUT2D eigenvalue weighted by Crippen LogP contribution is 2.32. The third-order valence-electron chi connectivity index (χ3n) is 3.34. The highest BCUT2D eigenvalue weighted by molar-refractivity contribution is 6.31. The molecule has 0 saturated heterocycles. The molecule has 0 aliphatic heterocycles. The Hall–Kier alpha value is -1.29. The summed E-state index contributed by atoms with van der Waals surface area (Å²) >= 11 is 11.9. The van der Waals surface area contributed by atoms with Crippen molar-refractivity contribution in [3.05, 3.63) is 57.8 Å². The fourth-order valence-corrected chi connectivity index (χ4v) is 2.36. The van der Waals surface area contributed by atoms with Crippen molar-refractivity contribution in [1.82, 2.24) is 5.32 Å². The van der Waals surface area contributed by atoms with Gasteiger partial charge in [-0.25, -0.2) is 4.39 Å². The van der Waals surface area contributed by atoms with Crippen LogP contribution in [0.15, 0.2) is 36.4 Å². The van der Waals surface area contributed by atoms with E-state index < -0.39 is 5.82 Å². The minimum atomic E-state index is -0.506. The molecular formula is C16H14Cl2FNO. The van der Waals surface area contributed by atoms with Crippen LogP contribution in [-0.4, -0.2) is 6.04 Å². The first kappa shape index (κ1) is 14.6. The molecule has 1 fully saturated rings. The van der Waals surface area contributed by atoms with Gasteiger partial charge >= 0.3 is 0 Å². The molecule has 0 radical (unpaired) electrons. The Morgan fingerprint density at radius 2 is 1.95 bits per heavy atom. The predicted octanol–water partition coefficient (Wildman–Crippen LogP) is 5.18. The zero-order valence-corrected chi connectivity index (χ0v) is 12.7. The Morgan fingerprint density at radius 3 is 2.67 bits per heavy atom. The van der Waals surface area contributed by atoms with Crippen LogP contribution in [0.3, 0.4) is 0 Å². The third-order valence-corrected chi connectivity index (χ3v) is 4.00. The van der Waals surface area contributed by atoms with Gasteiger partial charge in [0.1, 0.15) is 17.3 Å². The minimum Gasteiger partial charge on any atom is -0.457 e. The van der Waals surface area contributed by atoms with E-state index in [-0.39, 0.29) is 5.02 Å². The summed E-state index contributed by atoms with van der Waals surface area (Å²) in [6.45, 7) is 0.635. The van der Waals surface area contributed by atoms with Crippen molar-refractivity contribution in [2.24, 2.45) is 0 Å². The standard InChI is InChI=1S/C16H14Cl2FNO/c17-13-2-1-3-16(12(13)9-20-10-4-5-10)21-11-6-7-14(18)15(19)8-11/h1-3,6-8,10,20H,4-5,9H2. The lowest BCUT2D eigenvalue weighted by atomic mass is 10.2. The van der Waals surface area contributed by atoms with Crippen LogP contribution in [-0.2, 0) is 6.54 Å². The maximum atomic E-state index is 13.5. The Labute approximate surface area is 132 Å². The van der Waals surface area contributed by atoms with Crippen LogP contribution in [0.4, 0.5) is 4.39 Å². The molecule has 1 aliphatic carbocycles. The highest BCUT2D eigenvalue weighted by Gasteiger charge is 2.21. The molecule has 0 bridgehead atoms. The molecule has 0 aromatic heterocycles. The molecule has 21 heavy (non-hydrogen) atoms. The van der Waals surface area contributed by atoms with Gasteiger partial charge in [0, 0.05) is 29.2 Å². The lowest BCUT2D eigenvalue weighted by molar-refractivity contribution is 0.467. The molecule has 3 rings (SSSR count). The summed E-state index contributed by atoms with van der Waals surface area (Å²) in [6, 6.07) is 10.4. The van der Waals surface area contributed by atoms with E-state index in [2.05, 4.69) is 5.32 Å². The number of hydrogen-bond acceptors (Lipinski definition) is 2. The van der Waals surface area contributed by atoms with E-state index in [1.807, 2.05) is 18.2 Å².